The number of oxime groups is 1. The lowest BCUT2D eigenvalue weighted by Crippen LogP contribution is -2.05. The van der Waals surface area contributed by atoms with Crippen LogP contribution >= 0.6 is 0 Å². The van der Waals surface area contributed by atoms with E-state index < -0.39 is 11.8 Å². The molecule has 2 aromatic rings. The largest absolute Gasteiger partial charge is 0.365 e. The second-order valence-corrected chi connectivity index (χ2v) is 3.65. The molecule has 0 saturated carbocycles. The third kappa shape index (κ3) is 3.41. The topological polar surface area (TPSA) is 64.4 Å². The minimum atomic E-state index is -0.664. The van der Waals surface area contributed by atoms with E-state index in [1.54, 1.807) is 6.92 Å². The first kappa shape index (κ1) is 12.8. The molecule has 1 heterocycles. The SMILES string of the molecule is C/C(=N/OC(=O)c1ccc(F)cc1)c1cnccn1. The van der Waals surface area contributed by atoms with Gasteiger partial charge in [-0.2, -0.15) is 0 Å². The van der Waals surface area contributed by atoms with Gasteiger partial charge in [-0.05, 0) is 31.2 Å². The average Bonchev–Trinajstić information content (AvgIpc) is 2.46. The van der Waals surface area contributed by atoms with Gasteiger partial charge in [0, 0.05) is 12.4 Å². The predicted molar refractivity (Wildman–Crippen MR) is 66.1 cm³/mol. The summed E-state index contributed by atoms with van der Waals surface area (Å²) >= 11 is 0. The van der Waals surface area contributed by atoms with Crippen molar-refractivity contribution in [2.24, 2.45) is 5.16 Å². The highest BCUT2D eigenvalue weighted by molar-refractivity contribution is 5.97. The second kappa shape index (κ2) is 5.81. The van der Waals surface area contributed by atoms with Gasteiger partial charge in [0.2, 0.25) is 0 Å². The summed E-state index contributed by atoms with van der Waals surface area (Å²) in [7, 11) is 0. The van der Waals surface area contributed by atoms with Gasteiger partial charge in [0.25, 0.3) is 0 Å². The van der Waals surface area contributed by atoms with Crippen molar-refractivity contribution in [3.63, 3.8) is 0 Å². The highest BCUT2D eigenvalue weighted by Gasteiger charge is 2.08. The van der Waals surface area contributed by atoms with E-state index >= 15 is 0 Å². The molecule has 1 aromatic carbocycles. The Bertz CT molecular complexity index is 597. The molecule has 0 radical (unpaired) electrons. The summed E-state index contributed by atoms with van der Waals surface area (Å²) in [6, 6.07) is 5.00. The van der Waals surface area contributed by atoms with Crippen LogP contribution in [0.1, 0.15) is 23.0 Å². The van der Waals surface area contributed by atoms with Crippen LogP contribution in [0.5, 0.6) is 0 Å². The van der Waals surface area contributed by atoms with Crippen molar-refractivity contribution in [3.8, 4) is 0 Å². The van der Waals surface area contributed by atoms with E-state index in [0.29, 0.717) is 11.4 Å². The second-order valence-electron chi connectivity index (χ2n) is 3.65. The van der Waals surface area contributed by atoms with Gasteiger partial charge in [0.15, 0.2) is 0 Å². The van der Waals surface area contributed by atoms with Crippen LogP contribution in [-0.4, -0.2) is 21.6 Å². The third-order valence-electron chi connectivity index (χ3n) is 2.28. The van der Waals surface area contributed by atoms with Gasteiger partial charge in [-0.15, -0.1) is 0 Å². The molecule has 0 spiro atoms. The van der Waals surface area contributed by atoms with Gasteiger partial charge in [-0.3, -0.25) is 9.97 Å². The van der Waals surface area contributed by atoms with Crippen LogP contribution in [0.2, 0.25) is 0 Å². The van der Waals surface area contributed by atoms with Crippen molar-refractivity contribution in [1.82, 2.24) is 9.97 Å². The fourth-order valence-corrected chi connectivity index (χ4v) is 1.28. The third-order valence-corrected chi connectivity index (χ3v) is 2.28. The Hall–Kier alpha value is -2.63. The number of halogens is 1. The van der Waals surface area contributed by atoms with Crippen LogP contribution in [0.25, 0.3) is 0 Å². The van der Waals surface area contributed by atoms with Gasteiger partial charge in [0.1, 0.15) is 17.2 Å². The van der Waals surface area contributed by atoms with Crippen LogP contribution in [-0.2, 0) is 4.84 Å². The molecular formula is C13H10FN3O2. The Morgan fingerprint density at radius 3 is 2.63 bits per heavy atom. The molecule has 0 amide bonds. The van der Waals surface area contributed by atoms with Crippen molar-refractivity contribution < 1.29 is 14.0 Å². The Kier molecular flexibility index (Phi) is 3.92. The minimum Gasteiger partial charge on any atom is -0.312 e. The van der Waals surface area contributed by atoms with Crippen molar-refractivity contribution >= 4 is 11.7 Å². The smallest absolute Gasteiger partial charge is 0.312 e. The zero-order chi connectivity index (χ0) is 13.7. The van der Waals surface area contributed by atoms with Crippen LogP contribution in [0.3, 0.4) is 0 Å². The number of nitrogens with zero attached hydrogens (tertiary/aromatic N) is 3. The van der Waals surface area contributed by atoms with E-state index in [-0.39, 0.29) is 5.56 Å². The van der Waals surface area contributed by atoms with Gasteiger partial charge in [0.05, 0.1) is 11.8 Å². The van der Waals surface area contributed by atoms with Crippen LogP contribution < -0.4 is 0 Å². The molecule has 0 fully saturated rings. The number of hydrogen-bond donors (Lipinski definition) is 0. The molecule has 0 N–H and O–H groups in total. The minimum absolute atomic E-state index is 0.220. The summed E-state index contributed by atoms with van der Waals surface area (Å²) < 4.78 is 12.7. The molecule has 1 aromatic heterocycles. The maximum atomic E-state index is 12.7. The summed E-state index contributed by atoms with van der Waals surface area (Å²) in [6.07, 6.45) is 4.54. The summed E-state index contributed by atoms with van der Waals surface area (Å²) in [6.45, 7) is 1.64. The highest BCUT2D eigenvalue weighted by atomic mass is 19.1. The van der Waals surface area contributed by atoms with E-state index in [0.717, 1.165) is 0 Å². The molecule has 0 aliphatic rings. The zero-order valence-electron chi connectivity index (χ0n) is 10.1. The number of carbonyl (C=O) groups excluding carboxylic acids is 1. The number of carbonyl (C=O) groups is 1. The molecule has 96 valence electrons. The van der Waals surface area contributed by atoms with Gasteiger partial charge in [-0.25, -0.2) is 9.18 Å². The summed E-state index contributed by atoms with van der Waals surface area (Å²) in [5.74, 6) is -1.08. The number of rotatable bonds is 3. The average molecular weight is 259 g/mol. The first-order chi connectivity index (χ1) is 9.16. The van der Waals surface area contributed by atoms with Crippen LogP contribution in [0.4, 0.5) is 4.39 Å². The fourth-order valence-electron chi connectivity index (χ4n) is 1.28. The van der Waals surface area contributed by atoms with Crippen molar-refractivity contribution in [3.05, 3.63) is 59.9 Å². The molecule has 0 aliphatic heterocycles. The lowest BCUT2D eigenvalue weighted by atomic mass is 10.2. The number of aromatic nitrogens is 2. The van der Waals surface area contributed by atoms with Gasteiger partial charge < -0.3 is 4.84 Å². The van der Waals surface area contributed by atoms with E-state index in [2.05, 4.69) is 15.1 Å². The van der Waals surface area contributed by atoms with Gasteiger partial charge in [-0.1, -0.05) is 5.16 Å². The highest BCUT2D eigenvalue weighted by Crippen LogP contribution is 2.05. The quantitative estimate of drug-likeness (QED) is 0.481. The lowest BCUT2D eigenvalue weighted by Gasteiger charge is -2.00. The van der Waals surface area contributed by atoms with Crippen molar-refractivity contribution in [2.75, 3.05) is 0 Å². The maximum absolute atomic E-state index is 12.7. The Balaban J connectivity index is 2.06. The van der Waals surface area contributed by atoms with Crippen LogP contribution in [0.15, 0.2) is 48.0 Å². The van der Waals surface area contributed by atoms with E-state index in [1.165, 1.54) is 42.9 Å². The maximum Gasteiger partial charge on any atom is 0.365 e. The molecule has 0 saturated heterocycles. The molecule has 0 aliphatic carbocycles. The first-order valence-electron chi connectivity index (χ1n) is 5.44. The summed E-state index contributed by atoms with van der Waals surface area (Å²) in [4.78, 5) is 24.2. The molecule has 0 atom stereocenters. The van der Waals surface area contributed by atoms with E-state index in [1.807, 2.05) is 0 Å². The number of hydrogen-bond acceptors (Lipinski definition) is 5. The van der Waals surface area contributed by atoms with E-state index in [9.17, 15) is 9.18 Å². The molecule has 19 heavy (non-hydrogen) atoms. The van der Waals surface area contributed by atoms with E-state index in [4.69, 9.17) is 4.84 Å². The molecule has 0 bridgehead atoms. The molecular weight excluding hydrogens is 249 g/mol. The molecule has 2 rings (SSSR count). The monoisotopic (exact) mass is 259 g/mol. The van der Waals surface area contributed by atoms with Crippen LogP contribution in [0, 0.1) is 5.82 Å². The number of benzene rings is 1. The Morgan fingerprint density at radius 2 is 2.00 bits per heavy atom. The predicted octanol–water partition coefficient (Wildman–Crippen LogP) is 2.20. The standard InChI is InChI=1S/C13H10FN3O2/c1-9(12-8-15-6-7-16-12)17-19-13(18)10-2-4-11(14)5-3-10/h2-8H,1H3/b17-9-. The molecule has 5 nitrogen and oxygen atoms in total. The molecule has 0 unspecified atom stereocenters. The fraction of sp³-hybridized carbons (Fsp3) is 0.0769. The first-order valence-corrected chi connectivity index (χ1v) is 5.44. The summed E-state index contributed by atoms with van der Waals surface area (Å²) in [5, 5.41) is 3.66. The molecule has 6 heteroatoms. The van der Waals surface area contributed by atoms with Crippen molar-refractivity contribution in [1.29, 1.82) is 0 Å². The lowest BCUT2D eigenvalue weighted by molar-refractivity contribution is 0.0516. The summed E-state index contributed by atoms with van der Waals surface area (Å²) in [5.41, 5.74) is 1.15. The Labute approximate surface area is 108 Å². The zero-order valence-corrected chi connectivity index (χ0v) is 10.1. The normalized spacial score (nSPS) is 11.2. The van der Waals surface area contributed by atoms with Gasteiger partial charge >= 0.3 is 5.97 Å². The van der Waals surface area contributed by atoms with Crippen molar-refractivity contribution in [2.45, 2.75) is 6.92 Å². The Morgan fingerprint density at radius 1 is 1.26 bits per heavy atom.